The minimum atomic E-state index is -0.643. The molecule has 4 rings (SSSR count). The highest BCUT2D eigenvalue weighted by atomic mass is 35.5. The summed E-state index contributed by atoms with van der Waals surface area (Å²) in [6.45, 7) is 1.74. The summed E-state index contributed by atoms with van der Waals surface area (Å²) in [7, 11) is 0. The number of amides is 1. The molecule has 1 amide bonds. The molecule has 10 heteroatoms. The summed E-state index contributed by atoms with van der Waals surface area (Å²) in [6, 6.07) is 19.4. The van der Waals surface area contributed by atoms with Crippen LogP contribution >= 0.6 is 23.4 Å². The van der Waals surface area contributed by atoms with Crippen LogP contribution in [0.2, 0.25) is 5.02 Å². The number of anilines is 1. The molecule has 4 aromatic rings. The number of nitrogens with zero attached hydrogens (tertiary/aromatic N) is 3. The van der Waals surface area contributed by atoms with E-state index < -0.39 is 23.6 Å². The topological polar surface area (TPSA) is 69.0 Å². The van der Waals surface area contributed by atoms with Crippen LogP contribution in [0, 0.1) is 11.6 Å². The van der Waals surface area contributed by atoms with Gasteiger partial charge < -0.3 is 10.1 Å². The first-order chi connectivity index (χ1) is 16.4. The van der Waals surface area contributed by atoms with Crippen LogP contribution in [0.3, 0.4) is 0 Å². The molecule has 6 nitrogen and oxygen atoms in total. The normalized spacial score (nSPS) is 11.8. The van der Waals surface area contributed by atoms with Gasteiger partial charge in [0.25, 0.3) is 0 Å². The van der Waals surface area contributed by atoms with Gasteiger partial charge in [0.2, 0.25) is 5.91 Å². The van der Waals surface area contributed by atoms with Gasteiger partial charge in [0.15, 0.2) is 28.7 Å². The van der Waals surface area contributed by atoms with Crippen molar-refractivity contribution < 1.29 is 18.3 Å². The molecule has 3 aromatic carbocycles. The minimum absolute atomic E-state index is 0.0344. The first-order valence-electron chi connectivity index (χ1n) is 10.2. The van der Waals surface area contributed by atoms with Crippen LogP contribution in [0.1, 0.15) is 18.9 Å². The lowest BCUT2D eigenvalue weighted by molar-refractivity contribution is -0.113. The van der Waals surface area contributed by atoms with Gasteiger partial charge in [-0.15, -0.1) is 10.2 Å². The van der Waals surface area contributed by atoms with E-state index in [1.54, 1.807) is 23.6 Å². The molecule has 1 N–H and O–H groups in total. The number of carbonyl (C=O) groups is 1. The molecule has 34 heavy (non-hydrogen) atoms. The van der Waals surface area contributed by atoms with Gasteiger partial charge in [-0.3, -0.25) is 9.36 Å². The number of ether oxygens (including phenoxy) is 1. The van der Waals surface area contributed by atoms with Crippen molar-refractivity contribution in [1.29, 1.82) is 0 Å². The molecule has 0 saturated heterocycles. The van der Waals surface area contributed by atoms with E-state index in [0.29, 0.717) is 11.0 Å². The van der Waals surface area contributed by atoms with Crippen LogP contribution in [-0.2, 0) is 4.79 Å². The van der Waals surface area contributed by atoms with E-state index >= 15 is 0 Å². The number of hydrogen-bond acceptors (Lipinski definition) is 5. The summed E-state index contributed by atoms with van der Waals surface area (Å²) in [4.78, 5) is 12.4. The molecule has 0 radical (unpaired) electrons. The van der Waals surface area contributed by atoms with E-state index in [0.717, 1.165) is 23.5 Å². The molecule has 0 aliphatic heterocycles. The lowest BCUT2D eigenvalue weighted by Crippen LogP contribution is -2.16. The summed E-state index contributed by atoms with van der Waals surface area (Å²) in [5.74, 6) is -1.06. The smallest absolute Gasteiger partial charge is 0.234 e. The van der Waals surface area contributed by atoms with Crippen LogP contribution in [0.5, 0.6) is 5.75 Å². The van der Waals surface area contributed by atoms with E-state index in [9.17, 15) is 13.6 Å². The van der Waals surface area contributed by atoms with Gasteiger partial charge >= 0.3 is 0 Å². The molecule has 1 atom stereocenters. The third-order valence-electron chi connectivity index (χ3n) is 4.71. The lowest BCUT2D eigenvalue weighted by atomic mass is 10.3. The number of hydrogen-bond donors (Lipinski definition) is 1. The van der Waals surface area contributed by atoms with E-state index in [1.165, 1.54) is 24.3 Å². The summed E-state index contributed by atoms with van der Waals surface area (Å²) in [6.07, 6.45) is -0.643. The summed E-state index contributed by atoms with van der Waals surface area (Å²) in [5, 5.41) is 11.6. The third kappa shape index (κ3) is 5.55. The Kier molecular flexibility index (Phi) is 7.44. The van der Waals surface area contributed by atoms with Crippen LogP contribution in [0.15, 0.2) is 78.0 Å². The molecule has 1 unspecified atom stereocenters. The number of carbonyl (C=O) groups excluding carboxylic acids is 1. The van der Waals surface area contributed by atoms with E-state index in [4.69, 9.17) is 16.3 Å². The molecule has 0 aliphatic carbocycles. The molecule has 174 valence electrons. The molecule has 0 aliphatic rings. The number of aromatic nitrogens is 3. The first-order valence-corrected chi connectivity index (χ1v) is 11.6. The standard InChI is InChI=1S/C24H19ClF2N4O2S/c1-15(33-21-10-6-5-9-18(21)26)23-29-30-24(31(23)17-7-3-2-4-8-17)34-14-22(32)28-20-12-11-16(25)13-19(20)27/h2-13,15H,14H2,1H3,(H,28,32). The summed E-state index contributed by atoms with van der Waals surface area (Å²) in [5.41, 5.74) is 0.783. The van der Waals surface area contributed by atoms with Gasteiger partial charge in [-0.05, 0) is 49.4 Å². The Bertz CT molecular complexity index is 1300. The predicted molar refractivity (Wildman–Crippen MR) is 128 cm³/mol. The van der Waals surface area contributed by atoms with Gasteiger partial charge in [-0.2, -0.15) is 0 Å². The first kappa shape index (κ1) is 23.7. The maximum absolute atomic E-state index is 14.1. The zero-order chi connectivity index (χ0) is 24.1. The highest BCUT2D eigenvalue weighted by Gasteiger charge is 2.22. The fraction of sp³-hybridized carbons (Fsp3) is 0.125. The van der Waals surface area contributed by atoms with Gasteiger partial charge in [-0.25, -0.2) is 8.78 Å². The molecule has 0 bridgehead atoms. The summed E-state index contributed by atoms with van der Waals surface area (Å²) >= 11 is 6.88. The number of halogens is 3. The zero-order valence-electron chi connectivity index (χ0n) is 17.9. The SMILES string of the molecule is CC(Oc1ccccc1F)c1nnc(SCC(=O)Nc2ccc(Cl)cc2F)n1-c1ccccc1. The molecule has 1 aromatic heterocycles. The fourth-order valence-corrected chi connectivity index (χ4v) is 4.07. The Labute approximate surface area is 203 Å². The molecule has 1 heterocycles. The van der Waals surface area contributed by atoms with E-state index in [1.807, 2.05) is 30.3 Å². The van der Waals surface area contributed by atoms with Crippen LogP contribution < -0.4 is 10.1 Å². The fourth-order valence-electron chi connectivity index (χ4n) is 3.15. The van der Waals surface area contributed by atoms with Crippen LogP contribution in [0.4, 0.5) is 14.5 Å². The second kappa shape index (κ2) is 10.7. The van der Waals surface area contributed by atoms with Crippen molar-refractivity contribution in [3.05, 3.63) is 95.3 Å². The van der Waals surface area contributed by atoms with Gasteiger partial charge in [0.1, 0.15) is 5.82 Å². The van der Waals surface area contributed by atoms with E-state index in [2.05, 4.69) is 15.5 Å². The average molecular weight is 501 g/mol. The van der Waals surface area contributed by atoms with Gasteiger partial charge in [0, 0.05) is 10.7 Å². The second-order valence-corrected chi connectivity index (χ2v) is 8.54. The number of nitrogens with one attached hydrogen (secondary N) is 1. The van der Waals surface area contributed by atoms with Crippen LogP contribution in [0.25, 0.3) is 5.69 Å². The largest absolute Gasteiger partial charge is 0.480 e. The van der Waals surface area contributed by atoms with Crippen molar-refractivity contribution in [2.45, 2.75) is 18.2 Å². The van der Waals surface area contributed by atoms with Crippen molar-refractivity contribution in [2.75, 3.05) is 11.1 Å². The Hall–Kier alpha value is -3.43. The Morgan fingerprint density at radius 3 is 2.53 bits per heavy atom. The monoisotopic (exact) mass is 500 g/mol. The average Bonchev–Trinajstić information content (AvgIpc) is 3.26. The minimum Gasteiger partial charge on any atom is -0.480 e. The van der Waals surface area contributed by atoms with Crippen molar-refractivity contribution in [1.82, 2.24) is 14.8 Å². The Morgan fingerprint density at radius 1 is 1.06 bits per heavy atom. The van der Waals surface area contributed by atoms with E-state index in [-0.39, 0.29) is 22.2 Å². The Balaban J connectivity index is 1.55. The highest BCUT2D eigenvalue weighted by Crippen LogP contribution is 2.29. The number of benzene rings is 3. The summed E-state index contributed by atoms with van der Waals surface area (Å²) < 4.78 is 35.6. The molecular weight excluding hydrogens is 482 g/mol. The zero-order valence-corrected chi connectivity index (χ0v) is 19.5. The van der Waals surface area contributed by atoms with Crippen LogP contribution in [-0.4, -0.2) is 26.4 Å². The number of rotatable bonds is 8. The molecular formula is C24H19ClF2N4O2S. The van der Waals surface area contributed by atoms with Crippen molar-refractivity contribution in [2.24, 2.45) is 0 Å². The molecule has 0 fully saturated rings. The third-order valence-corrected chi connectivity index (χ3v) is 5.88. The molecule has 0 spiro atoms. The Morgan fingerprint density at radius 2 is 1.79 bits per heavy atom. The van der Waals surface area contributed by atoms with Gasteiger partial charge in [0.05, 0.1) is 11.4 Å². The van der Waals surface area contributed by atoms with Gasteiger partial charge in [-0.1, -0.05) is 53.7 Å². The van der Waals surface area contributed by atoms with Crippen molar-refractivity contribution >= 4 is 35.0 Å². The van der Waals surface area contributed by atoms with Crippen molar-refractivity contribution in [3.8, 4) is 11.4 Å². The molecule has 0 saturated carbocycles. The second-order valence-electron chi connectivity index (χ2n) is 7.16. The predicted octanol–water partition coefficient (Wildman–Crippen LogP) is 6.07. The van der Waals surface area contributed by atoms with Crippen molar-refractivity contribution in [3.63, 3.8) is 0 Å². The maximum Gasteiger partial charge on any atom is 0.234 e. The lowest BCUT2D eigenvalue weighted by Gasteiger charge is -2.17. The number of para-hydroxylation sites is 2. The number of thioether (sulfide) groups is 1. The maximum atomic E-state index is 14.1. The highest BCUT2D eigenvalue weighted by molar-refractivity contribution is 7.99. The quantitative estimate of drug-likeness (QED) is 0.297.